The van der Waals surface area contributed by atoms with Crippen molar-refractivity contribution >= 4 is 23.0 Å². The number of carbonyl (C=O) groups is 1. The van der Waals surface area contributed by atoms with Crippen molar-refractivity contribution in [1.29, 1.82) is 0 Å². The molecule has 0 aliphatic heterocycles. The molecule has 0 spiro atoms. The molecule has 0 aliphatic rings. The van der Waals surface area contributed by atoms with Crippen molar-refractivity contribution < 1.29 is 23.9 Å². The topological polar surface area (TPSA) is 103 Å². The molecule has 0 aromatic heterocycles. The van der Waals surface area contributed by atoms with Crippen molar-refractivity contribution in [2.45, 2.75) is 0 Å². The van der Waals surface area contributed by atoms with Gasteiger partial charge in [-0.05, 0) is 6.07 Å². The van der Waals surface area contributed by atoms with Gasteiger partial charge < -0.3 is 24.4 Å². The third kappa shape index (κ3) is 4.20. The molecule has 1 N–H and O–H groups in total. The molecule has 0 saturated carbocycles. The van der Waals surface area contributed by atoms with Crippen LogP contribution in [0.1, 0.15) is 10.4 Å². The van der Waals surface area contributed by atoms with Crippen LogP contribution in [0.25, 0.3) is 0 Å². The van der Waals surface area contributed by atoms with Crippen LogP contribution in [0.4, 0.5) is 17.1 Å². The summed E-state index contributed by atoms with van der Waals surface area (Å²) in [6, 6.07) is 7.27. The Kier molecular flexibility index (Phi) is 6.07. The van der Waals surface area contributed by atoms with Gasteiger partial charge in [0.05, 0.1) is 31.8 Å². The van der Waals surface area contributed by atoms with Crippen LogP contribution in [-0.4, -0.2) is 46.3 Å². The second kappa shape index (κ2) is 8.26. The van der Waals surface area contributed by atoms with E-state index in [-0.39, 0.29) is 11.3 Å². The van der Waals surface area contributed by atoms with E-state index in [1.54, 1.807) is 31.1 Å². The third-order valence-corrected chi connectivity index (χ3v) is 3.84. The number of hydrogen-bond acceptors (Lipinski definition) is 7. The summed E-state index contributed by atoms with van der Waals surface area (Å²) in [4.78, 5) is 25.0. The highest BCUT2D eigenvalue weighted by Gasteiger charge is 2.20. The summed E-state index contributed by atoms with van der Waals surface area (Å²) >= 11 is 0. The maximum Gasteiger partial charge on any atom is 0.270 e. The first kappa shape index (κ1) is 19.8. The molecule has 0 atom stereocenters. The lowest BCUT2D eigenvalue weighted by Gasteiger charge is -2.18. The van der Waals surface area contributed by atoms with E-state index in [0.29, 0.717) is 28.6 Å². The minimum Gasteiger partial charge on any atom is -0.493 e. The molecule has 2 aromatic carbocycles. The molecule has 9 heteroatoms. The smallest absolute Gasteiger partial charge is 0.270 e. The summed E-state index contributed by atoms with van der Waals surface area (Å²) < 4.78 is 15.8. The zero-order valence-corrected chi connectivity index (χ0v) is 15.7. The quantitative estimate of drug-likeness (QED) is 0.586. The van der Waals surface area contributed by atoms with Gasteiger partial charge in [0.2, 0.25) is 5.75 Å². The Labute approximate surface area is 156 Å². The Hall–Kier alpha value is -3.49. The number of rotatable bonds is 7. The maximum atomic E-state index is 12.8. The zero-order chi connectivity index (χ0) is 20.1. The van der Waals surface area contributed by atoms with Crippen LogP contribution < -0.4 is 24.4 Å². The first-order valence-electron chi connectivity index (χ1n) is 7.89. The van der Waals surface area contributed by atoms with Gasteiger partial charge in [-0.2, -0.15) is 0 Å². The van der Waals surface area contributed by atoms with Gasteiger partial charge in [0.25, 0.3) is 11.6 Å². The third-order valence-electron chi connectivity index (χ3n) is 3.84. The predicted octanol–water partition coefficient (Wildman–Crippen LogP) is 2.94. The van der Waals surface area contributed by atoms with Crippen molar-refractivity contribution in [3.8, 4) is 17.2 Å². The van der Waals surface area contributed by atoms with Crippen molar-refractivity contribution in [1.82, 2.24) is 0 Å². The van der Waals surface area contributed by atoms with E-state index in [0.717, 1.165) is 0 Å². The standard InChI is InChI=1S/C18H21N3O6/c1-20(2)14-7-6-12(21(23)24)10-13(14)18(22)19-11-8-15(25-3)17(27-5)16(9-11)26-4/h6-10H,1-5H3,(H,19,22). The molecule has 2 rings (SSSR count). The minimum atomic E-state index is -0.546. The van der Waals surface area contributed by atoms with Gasteiger partial charge in [-0.15, -0.1) is 0 Å². The number of nitrogens with one attached hydrogen (secondary N) is 1. The molecule has 27 heavy (non-hydrogen) atoms. The molecule has 144 valence electrons. The van der Waals surface area contributed by atoms with Crippen LogP contribution in [0, 0.1) is 10.1 Å². The Morgan fingerprint density at radius 2 is 1.63 bits per heavy atom. The van der Waals surface area contributed by atoms with Crippen molar-refractivity contribution in [3.05, 3.63) is 46.0 Å². The highest BCUT2D eigenvalue weighted by atomic mass is 16.6. The molecule has 0 heterocycles. The molecule has 0 aliphatic carbocycles. The number of methoxy groups -OCH3 is 3. The Morgan fingerprint density at radius 1 is 1.04 bits per heavy atom. The van der Waals surface area contributed by atoms with E-state index >= 15 is 0 Å². The average molecular weight is 375 g/mol. The van der Waals surface area contributed by atoms with Crippen LogP contribution in [0.15, 0.2) is 30.3 Å². The second-order valence-electron chi connectivity index (χ2n) is 5.72. The first-order valence-corrected chi connectivity index (χ1v) is 7.89. The number of nitrogens with zero attached hydrogens (tertiary/aromatic N) is 2. The predicted molar refractivity (Wildman–Crippen MR) is 101 cm³/mol. The number of hydrogen-bond donors (Lipinski definition) is 1. The number of nitro benzene ring substituents is 1. The summed E-state index contributed by atoms with van der Waals surface area (Å²) in [5.41, 5.74) is 0.940. The van der Waals surface area contributed by atoms with E-state index in [1.807, 2.05) is 0 Å². The summed E-state index contributed by atoms with van der Waals surface area (Å²) in [7, 11) is 7.90. The van der Waals surface area contributed by atoms with Crippen molar-refractivity contribution in [2.75, 3.05) is 45.6 Å². The summed E-state index contributed by atoms with van der Waals surface area (Å²) in [6.07, 6.45) is 0. The monoisotopic (exact) mass is 375 g/mol. The molecule has 0 bridgehead atoms. The normalized spacial score (nSPS) is 10.1. The SMILES string of the molecule is COc1cc(NC(=O)c2cc([N+](=O)[O-])ccc2N(C)C)cc(OC)c1OC. The van der Waals surface area contributed by atoms with Crippen LogP contribution in [0.3, 0.4) is 0 Å². The maximum absolute atomic E-state index is 12.8. The lowest BCUT2D eigenvalue weighted by molar-refractivity contribution is -0.384. The molecule has 9 nitrogen and oxygen atoms in total. The second-order valence-corrected chi connectivity index (χ2v) is 5.72. The van der Waals surface area contributed by atoms with Gasteiger partial charge in [0.1, 0.15) is 0 Å². The fourth-order valence-corrected chi connectivity index (χ4v) is 2.56. The van der Waals surface area contributed by atoms with Gasteiger partial charge in [0, 0.05) is 49.7 Å². The van der Waals surface area contributed by atoms with Gasteiger partial charge in [0.15, 0.2) is 11.5 Å². The highest BCUT2D eigenvalue weighted by molar-refractivity contribution is 6.08. The fraction of sp³-hybridized carbons (Fsp3) is 0.278. The largest absolute Gasteiger partial charge is 0.493 e. The lowest BCUT2D eigenvalue weighted by atomic mass is 10.1. The molecule has 0 radical (unpaired) electrons. The Morgan fingerprint density at radius 3 is 2.07 bits per heavy atom. The summed E-state index contributed by atoms with van der Waals surface area (Å²) in [5.74, 6) is 0.636. The Balaban J connectivity index is 2.45. The Bertz CT molecular complexity index is 841. The van der Waals surface area contributed by atoms with Crippen LogP contribution >= 0.6 is 0 Å². The number of amides is 1. The van der Waals surface area contributed by atoms with Gasteiger partial charge in [-0.3, -0.25) is 14.9 Å². The number of carbonyl (C=O) groups excluding carboxylic acids is 1. The van der Waals surface area contributed by atoms with Crippen LogP contribution in [0.5, 0.6) is 17.2 Å². The van der Waals surface area contributed by atoms with Gasteiger partial charge >= 0.3 is 0 Å². The van der Waals surface area contributed by atoms with Crippen molar-refractivity contribution in [3.63, 3.8) is 0 Å². The number of nitro groups is 1. The van der Waals surface area contributed by atoms with E-state index in [9.17, 15) is 14.9 Å². The fourth-order valence-electron chi connectivity index (χ4n) is 2.56. The molecule has 2 aromatic rings. The van der Waals surface area contributed by atoms with Crippen LogP contribution in [-0.2, 0) is 0 Å². The average Bonchev–Trinajstić information content (AvgIpc) is 2.66. The molecular weight excluding hydrogens is 354 g/mol. The summed E-state index contributed by atoms with van der Waals surface area (Å²) in [5, 5.41) is 13.8. The highest BCUT2D eigenvalue weighted by Crippen LogP contribution is 2.40. The molecule has 0 fully saturated rings. The zero-order valence-electron chi connectivity index (χ0n) is 15.7. The van der Waals surface area contributed by atoms with E-state index in [1.165, 1.54) is 39.5 Å². The van der Waals surface area contributed by atoms with Crippen LogP contribution in [0.2, 0.25) is 0 Å². The minimum absolute atomic E-state index is 0.169. The number of anilines is 2. The van der Waals surface area contributed by atoms with E-state index in [2.05, 4.69) is 5.32 Å². The first-order chi connectivity index (χ1) is 12.8. The lowest BCUT2D eigenvalue weighted by Crippen LogP contribution is -2.19. The van der Waals surface area contributed by atoms with Gasteiger partial charge in [-0.1, -0.05) is 0 Å². The summed E-state index contributed by atoms with van der Waals surface area (Å²) in [6.45, 7) is 0. The van der Waals surface area contributed by atoms with E-state index < -0.39 is 10.8 Å². The number of benzene rings is 2. The molecular formula is C18H21N3O6. The van der Waals surface area contributed by atoms with E-state index in [4.69, 9.17) is 14.2 Å². The van der Waals surface area contributed by atoms with Crippen molar-refractivity contribution in [2.24, 2.45) is 0 Å². The molecule has 0 unspecified atom stereocenters. The van der Waals surface area contributed by atoms with Gasteiger partial charge in [-0.25, -0.2) is 0 Å². The number of ether oxygens (including phenoxy) is 3. The molecule has 0 saturated heterocycles. The number of non-ortho nitro benzene ring substituents is 1. The molecule has 1 amide bonds.